The maximum atomic E-state index is 10.6. The van der Waals surface area contributed by atoms with Crippen molar-refractivity contribution in [2.75, 3.05) is 39.3 Å². The first-order chi connectivity index (χ1) is 7.61. The summed E-state index contributed by atoms with van der Waals surface area (Å²) in [7, 11) is 0. The summed E-state index contributed by atoms with van der Waals surface area (Å²) in [5, 5.41) is 8.74. The topological polar surface area (TPSA) is 43.8 Å². The Morgan fingerprint density at radius 3 is 2.25 bits per heavy atom. The molecule has 0 aromatic rings. The third kappa shape index (κ3) is 4.77. The molecule has 0 aromatic heterocycles. The minimum Gasteiger partial charge on any atom is -0.480 e. The molecule has 1 N–H and O–H groups in total. The van der Waals surface area contributed by atoms with E-state index in [9.17, 15) is 4.79 Å². The molecule has 1 saturated heterocycles. The smallest absolute Gasteiger partial charge is 0.317 e. The summed E-state index contributed by atoms with van der Waals surface area (Å²) in [5.41, 5.74) is 1.26. The Morgan fingerprint density at radius 2 is 1.75 bits per heavy atom. The Balaban J connectivity index is 2.34. The van der Waals surface area contributed by atoms with Gasteiger partial charge in [-0.3, -0.25) is 14.6 Å². The zero-order valence-corrected chi connectivity index (χ0v) is 10.1. The fraction of sp³-hybridized carbons (Fsp3) is 0.750. The Hall–Kier alpha value is -0.870. The normalized spacial score (nSPS) is 19.3. The van der Waals surface area contributed by atoms with Gasteiger partial charge < -0.3 is 5.11 Å². The van der Waals surface area contributed by atoms with Crippen molar-refractivity contribution in [3.05, 3.63) is 12.2 Å². The lowest BCUT2D eigenvalue weighted by Gasteiger charge is -2.21. The fourth-order valence-corrected chi connectivity index (χ4v) is 1.96. The summed E-state index contributed by atoms with van der Waals surface area (Å²) in [4.78, 5) is 15.0. The zero-order valence-electron chi connectivity index (χ0n) is 10.1. The van der Waals surface area contributed by atoms with Crippen molar-refractivity contribution in [2.24, 2.45) is 0 Å². The van der Waals surface area contributed by atoms with Crippen molar-refractivity contribution in [1.82, 2.24) is 9.80 Å². The van der Waals surface area contributed by atoms with Gasteiger partial charge in [0, 0.05) is 26.2 Å². The predicted molar refractivity (Wildman–Crippen MR) is 64.6 cm³/mol. The van der Waals surface area contributed by atoms with E-state index in [4.69, 9.17) is 5.11 Å². The molecule has 1 rings (SSSR count). The second-order valence-electron chi connectivity index (χ2n) is 4.40. The van der Waals surface area contributed by atoms with E-state index in [1.807, 2.05) is 4.90 Å². The third-order valence-electron chi connectivity index (χ3n) is 2.99. The number of hydrogen-bond donors (Lipinski definition) is 1. The average Bonchev–Trinajstić information content (AvgIpc) is 2.43. The number of rotatable bonds is 5. The molecule has 1 fully saturated rings. The molecule has 1 heterocycles. The summed E-state index contributed by atoms with van der Waals surface area (Å²) in [5.74, 6) is -0.730. The van der Waals surface area contributed by atoms with Crippen molar-refractivity contribution >= 4 is 5.97 Å². The molecule has 92 valence electrons. The molecule has 4 nitrogen and oxygen atoms in total. The van der Waals surface area contributed by atoms with Gasteiger partial charge in [0.2, 0.25) is 0 Å². The Kier molecular flexibility index (Phi) is 5.49. The highest BCUT2D eigenvalue weighted by atomic mass is 16.4. The van der Waals surface area contributed by atoms with E-state index >= 15 is 0 Å². The van der Waals surface area contributed by atoms with Crippen LogP contribution in [0.3, 0.4) is 0 Å². The number of nitrogens with zero attached hydrogens (tertiary/aromatic N) is 2. The van der Waals surface area contributed by atoms with Gasteiger partial charge in [0.25, 0.3) is 0 Å². The predicted octanol–water partition coefficient (Wildman–Crippen LogP) is 1.04. The van der Waals surface area contributed by atoms with E-state index in [1.165, 1.54) is 5.57 Å². The summed E-state index contributed by atoms with van der Waals surface area (Å²) in [6.45, 7) is 11.0. The van der Waals surface area contributed by atoms with Crippen LogP contribution in [0.25, 0.3) is 0 Å². The van der Waals surface area contributed by atoms with Gasteiger partial charge in [-0.25, -0.2) is 0 Å². The molecule has 0 bridgehead atoms. The zero-order chi connectivity index (χ0) is 12.0. The highest BCUT2D eigenvalue weighted by Gasteiger charge is 2.16. The number of carboxylic acids is 1. The van der Waals surface area contributed by atoms with Gasteiger partial charge in [-0.2, -0.15) is 0 Å². The van der Waals surface area contributed by atoms with Gasteiger partial charge in [0.15, 0.2) is 0 Å². The number of hydrogen-bond acceptors (Lipinski definition) is 3. The van der Waals surface area contributed by atoms with Crippen LogP contribution in [-0.4, -0.2) is 60.1 Å². The number of aliphatic carboxylic acids is 1. The lowest BCUT2D eigenvalue weighted by atomic mass is 10.2. The Bertz CT molecular complexity index is 253. The molecule has 16 heavy (non-hydrogen) atoms. The van der Waals surface area contributed by atoms with Crippen LogP contribution in [0.2, 0.25) is 0 Å². The number of carboxylic acid groups (broad SMARTS) is 1. The van der Waals surface area contributed by atoms with E-state index in [0.29, 0.717) is 0 Å². The second-order valence-corrected chi connectivity index (χ2v) is 4.40. The lowest BCUT2D eigenvalue weighted by Crippen LogP contribution is -2.34. The summed E-state index contributed by atoms with van der Waals surface area (Å²) in [6.07, 6.45) is 2.07. The first-order valence-corrected chi connectivity index (χ1v) is 5.95. The molecule has 0 amide bonds. The molecule has 0 radical (unpaired) electrons. The Morgan fingerprint density at radius 1 is 1.19 bits per heavy atom. The van der Waals surface area contributed by atoms with E-state index in [2.05, 4.69) is 18.4 Å². The molecule has 0 atom stereocenters. The first kappa shape index (κ1) is 13.2. The van der Waals surface area contributed by atoms with Crippen LogP contribution in [0.5, 0.6) is 0 Å². The highest BCUT2D eigenvalue weighted by Crippen LogP contribution is 2.06. The maximum absolute atomic E-state index is 10.6. The van der Waals surface area contributed by atoms with Gasteiger partial charge >= 0.3 is 5.97 Å². The van der Waals surface area contributed by atoms with E-state index in [1.54, 1.807) is 0 Å². The molecule has 0 aromatic carbocycles. The molecule has 1 aliphatic heterocycles. The summed E-state index contributed by atoms with van der Waals surface area (Å²) < 4.78 is 0. The van der Waals surface area contributed by atoms with E-state index in [0.717, 1.165) is 45.6 Å². The van der Waals surface area contributed by atoms with Crippen molar-refractivity contribution in [3.8, 4) is 0 Å². The molecular formula is C12H22N2O2. The van der Waals surface area contributed by atoms with Crippen LogP contribution >= 0.6 is 0 Å². The monoisotopic (exact) mass is 226 g/mol. The molecule has 0 aliphatic carbocycles. The van der Waals surface area contributed by atoms with Crippen molar-refractivity contribution < 1.29 is 9.90 Å². The van der Waals surface area contributed by atoms with Crippen LogP contribution in [0, 0.1) is 0 Å². The van der Waals surface area contributed by atoms with E-state index < -0.39 is 5.97 Å². The van der Waals surface area contributed by atoms with Crippen LogP contribution in [0.15, 0.2) is 12.2 Å². The first-order valence-electron chi connectivity index (χ1n) is 5.95. The highest BCUT2D eigenvalue weighted by molar-refractivity contribution is 5.69. The van der Waals surface area contributed by atoms with Gasteiger partial charge in [0.05, 0.1) is 6.54 Å². The average molecular weight is 226 g/mol. The van der Waals surface area contributed by atoms with Crippen molar-refractivity contribution in [2.45, 2.75) is 19.8 Å². The molecule has 4 heteroatoms. The number of carbonyl (C=O) groups is 1. The second kappa shape index (κ2) is 6.66. The molecule has 0 unspecified atom stereocenters. The molecule has 0 spiro atoms. The molecule has 0 saturated carbocycles. The van der Waals surface area contributed by atoms with Crippen LogP contribution in [0.4, 0.5) is 0 Å². The Labute approximate surface area is 97.5 Å². The fourth-order valence-electron chi connectivity index (χ4n) is 1.96. The van der Waals surface area contributed by atoms with Crippen LogP contribution in [-0.2, 0) is 4.79 Å². The standard InChI is InChI=1S/C12H22N2O2/c1-3-11(2)9-13-5-4-6-14(8-7-13)10-12(15)16/h2-10H2,1H3,(H,15,16). The van der Waals surface area contributed by atoms with Gasteiger partial charge in [-0.1, -0.05) is 19.1 Å². The van der Waals surface area contributed by atoms with Gasteiger partial charge in [-0.15, -0.1) is 0 Å². The SMILES string of the molecule is C=C(CC)CN1CCCN(CC(=O)O)CC1. The summed E-state index contributed by atoms with van der Waals surface area (Å²) >= 11 is 0. The van der Waals surface area contributed by atoms with Crippen LogP contribution in [0.1, 0.15) is 19.8 Å². The van der Waals surface area contributed by atoms with Gasteiger partial charge in [-0.05, 0) is 19.4 Å². The van der Waals surface area contributed by atoms with Crippen molar-refractivity contribution in [3.63, 3.8) is 0 Å². The van der Waals surface area contributed by atoms with Gasteiger partial charge in [0.1, 0.15) is 0 Å². The molecular weight excluding hydrogens is 204 g/mol. The minimum atomic E-state index is -0.730. The molecule has 1 aliphatic rings. The minimum absolute atomic E-state index is 0.169. The maximum Gasteiger partial charge on any atom is 0.317 e. The van der Waals surface area contributed by atoms with Crippen molar-refractivity contribution in [1.29, 1.82) is 0 Å². The third-order valence-corrected chi connectivity index (χ3v) is 2.99. The summed E-state index contributed by atoms with van der Waals surface area (Å²) in [6, 6.07) is 0. The lowest BCUT2D eigenvalue weighted by molar-refractivity contribution is -0.138. The van der Waals surface area contributed by atoms with Crippen LogP contribution < -0.4 is 0 Å². The van der Waals surface area contributed by atoms with E-state index in [-0.39, 0.29) is 6.54 Å². The largest absolute Gasteiger partial charge is 0.480 e. The quantitative estimate of drug-likeness (QED) is 0.712.